The monoisotopic (exact) mass is 240 g/mol. The maximum absolute atomic E-state index is 5.94. The normalized spacial score (nSPS) is 10.4. The Morgan fingerprint density at radius 3 is 2.33 bits per heavy atom. The average Bonchev–Trinajstić information content (AvgIpc) is 2.36. The SMILES string of the molecule is Cc1ccc(N(C)Cc2cccc(N)c2C)cc1. The van der Waals surface area contributed by atoms with Gasteiger partial charge in [0.25, 0.3) is 0 Å². The van der Waals surface area contributed by atoms with Crippen LogP contribution in [-0.2, 0) is 6.54 Å². The molecule has 0 amide bonds. The van der Waals surface area contributed by atoms with Crippen LogP contribution in [0.15, 0.2) is 42.5 Å². The van der Waals surface area contributed by atoms with Crippen LogP contribution in [-0.4, -0.2) is 7.05 Å². The molecule has 0 radical (unpaired) electrons. The maximum atomic E-state index is 5.94. The molecule has 18 heavy (non-hydrogen) atoms. The number of anilines is 2. The van der Waals surface area contributed by atoms with E-state index in [9.17, 15) is 0 Å². The maximum Gasteiger partial charge on any atom is 0.0429 e. The zero-order valence-corrected chi connectivity index (χ0v) is 11.3. The van der Waals surface area contributed by atoms with Gasteiger partial charge in [0, 0.05) is 25.0 Å². The molecule has 0 atom stereocenters. The molecule has 0 saturated heterocycles. The molecule has 2 rings (SSSR count). The summed E-state index contributed by atoms with van der Waals surface area (Å²) in [6.45, 7) is 5.05. The Labute approximate surface area is 109 Å². The number of benzene rings is 2. The highest BCUT2D eigenvalue weighted by atomic mass is 15.1. The summed E-state index contributed by atoms with van der Waals surface area (Å²) in [4.78, 5) is 2.24. The molecule has 0 aliphatic carbocycles. The predicted molar refractivity (Wildman–Crippen MR) is 78.9 cm³/mol. The van der Waals surface area contributed by atoms with Crippen LogP contribution in [0.5, 0.6) is 0 Å². The van der Waals surface area contributed by atoms with E-state index in [1.807, 2.05) is 12.1 Å². The first-order valence-electron chi connectivity index (χ1n) is 6.19. The van der Waals surface area contributed by atoms with E-state index in [4.69, 9.17) is 5.73 Å². The summed E-state index contributed by atoms with van der Waals surface area (Å²) < 4.78 is 0. The minimum absolute atomic E-state index is 0.866. The van der Waals surface area contributed by atoms with Crippen molar-refractivity contribution in [2.45, 2.75) is 20.4 Å². The van der Waals surface area contributed by atoms with E-state index in [0.717, 1.165) is 12.2 Å². The molecule has 0 fully saturated rings. The molecule has 2 heteroatoms. The van der Waals surface area contributed by atoms with Crippen LogP contribution in [0, 0.1) is 13.8 Å². The molecule has 0 heterocycles. The van der Waals surface area contributed by atoms with Crippen LogP contribution in [0.25, 0.3) is 0 Å². The van der Waals surface area contributed by atoms with E-state index in [2.05, 4.69) is 56.1 Å². The van der Waals surface area contributed by atoms with Gasteiger partial charge in [0.15, 0.2) is 0 Å². The molecular formula is C16H20N2. The Balaban J connectivity index is 2.18. The van der Waals surface area contributed by atoms with Gasteiger partial charge in [0.1, 0.15) is 0 Å². The molecule has 0 aliphatic heterocycles. The van der Waals surface area contributed by atoms with Crippen LogP contribution in [0.4, 0.5) is 11.4 Å². The number of hydrogen-bond acceptors (Lipinski definition) is 2. The molecule has 0 unspecified atom stereocenters. The van der Waals surface area contributed by atoms with Crippen LogP contribution in [0.3, 0.4) is 0 Å². The van der Waals surface area contributed by atoms with Gasteiger partial charge >= 0.3 is 0 Å². The van der Waals surface area contributed by atoms with E-state index in [1.165, 1.54) is 22.4 Å². The van der Waals surface area contributed by atoms with Crippen molar-refractivity contribution in [1.29, 1.82) is 0 Å². The quantitative estimate of drug-likeness (QED) is 0.832. The molecule has 0 aliphatic rings. The summed E-state index contributed by atoms with van der Waals surface area (Å²) in [5, 5.41) is 0. The van der Waals surface area contributed by atoms with Gasteiger partial charge in [-0.25, -0.2) is 0 Å². The minimum Gasteiger partial charge on any atom is -0.399 e. The van der Waals surface area contributed by atoms with Crippen molar-refractivity contribution < 1.29 is 0 Å². The summed E-state index contributed by atoms with van der Waals surface area (Å²) in [7, 11) is 2.10. The highest BCUT2D eigenvalue weighted by molar-refractivity contribution is 5.53. The Morgan fingerprint density at radius 1 is 1.00 bits per heavy atom. The minimum atomic E-state index is 0.866. The molecule has 0 spiro atoms. The Hall–Kier alpha value is -1.96. The lowest BCUT2D eigenvalue weighted by Gasteiger charge is -2.21. The first kappa shape index (κ1) is 12.5. The lowest BCUT2D eigenvalue weighted by Crippen LogP contribution is -2.17. The highest BCUT2D eigenvalue weighted by Gasteiger charge is 2.05. The second kappa shape index (κ2) is 5.13. The van der Waals surface area contributed by atoms with Crippen LogP contribution in [0.2, 0.25) is 0 Å². The van der Waals surface area contributed by atoms with Crippen molar-refractivity contribution >= 4 is 11.4 Å². The second-order valence-electron chi connectivity index (χ2n) is 4.82. The zero-order chi connectivity index (χ0) is 13.1. The van der Waals surface area contributed by atoms with Gasteiger partial charge in [-0.05, 0) is 43.2 Å². The molecule has 94 valence electrons. The van der Waals surface area contributed by atoms with Gasteiger partial charge in [0.05, 0.1) is 0 Å². The standard InChI is InChI=1S/C16H20N2/c1-12-7-9-15(10-8-12)18(3)11-14-5-4-6-16(17)13(14)2/h4-10H,11,17H2,1-3H3. The van der Waals surface area contributed by atoms with Gasteiger partial charge in [-0.2, -0.15) is 0 Å². The van der Waals surface area contributed by atoms with Crippen molar-refractivity contribution in [1.82, 2.24) is 0 Å². The number of nitrogens with two attached hydrogens (primary N) is 1. The Kier molecular flexibility index (Phi) is 3.56. The summed E-state index contributed by atoms with van der Waals surface area (Å²) >= 11 is 0. The molecule has 2 N–H and O–H groups in total. The fourth-order valence-electron chi connectivity index (χ4n) is 2.02. The summed E-state index contributed by atoms with van der Waals surface area (Å²) in [5.41, 5.74) is 11.8. The first-order chi connectivity index (χ1) is 8.58. The summed E-state index contributed by atoms with van der Waals surface area (Å²) in [6.07, 6.45) is 0. The molecule has 2 aromatic rings. The summed E-state index contributed by atoms with van der Waals surface area (Å²) in [6, 6.07) is 14.7. The van der Waals surface area contributed by atoms with Gasteiger partial charge in [-0.15, -0.1) is 0 Å². The molecule has 2 nitrogen and oxygen atoms in total. The fraction of sp³-hybridized carbons (Fsp3) is 0.250. The van der Waals surface area contributed by atoms with Gasteiger partial charge in [-0.3, -0.25) is 0 Å². The van der Waals surface area contributed by atoms with E-state index in [0.29, 0.717) is 0 Å². The Bertz CT molecular complexity index is 529. The lowest BCUT2D eigenvalue weighted by molar-refractivity contribution is 0.915. The molecule has 0 saturated carbocycles. The van der Waals surface area contributed by atoms with Gasteiger partial charge in [0.2, 0.25) is 0 Å². The first-order valence-corrected chi connectivity index (χ1v) is 6.19. The third kappa shape index (κ3) is 2.65. The topological polar surface area (TPSA) is 29.3 Å². The average molecular weight is 240 g/mol. The van der Waals surface area contributed by atoms with Gasteiger partial charge < -0.3 is 10.6 Å². The predicted octanol–water partition coefficient (Wildman–Crippen LogP) is 3.52. The van der Waals surface area contributed by atoms with Crippen molar-refractivity contribution in [3.63, 3.8) is 0 Å². The number of hydrogen-bond donors (Lipinski definition) is 1. The number of aryl methyl sites for hydroxylation is 1. The number of nitrogen functional groups attached to an aromatic ring is 1. The van der Waals surface area contributed by atoms with Crippen molar-refractivity contribution in [3.8, 4) is 0 Å². The number of nitrogens with zero attached hydrogens (tertiary/aromatic N) is 1. The van der Waals surface area contributed by atoms with Crippen LogP contribution in [0.1, 0.15) is 16.7 Å². The van der Waals surface area contributed by atoms with Crippen LogP contribution >= 0.6 is 0 Å². The Morgan fingerprint density at radius 2 is 1.67 bits per heavy atom. The smallest absolute Gasteiger partial charge is 0.0429 e. The van der Waals surface area contributed by atoms with E-state index in [-0.39, 0.29) is 0 Å². The van der Waals surface area contributed by atoms with E-state index in [1.54, 1.807) is 0 Å². The summed E-state index contributed by atoms with van der Waals surface area (Å²) in [5.74, 6) is 0. The van der Waals surface area contributed by atoms with E-state index < -0.39 is 0 Å². The zero-order valence-electron chi connectivity index (χ0n) is 11.3. The third-order valence-corrected chi connectivity index (χ3v) is 3.37. The highest BCUT2D eigenvalue weighted by Crippen LogP contribution is 2.20. The van der Waals surface area contributed by atoms with Crippen LogP contribution < -0.4 is 10.6 Å². The van der Waals surface area contributed by atoms with Crippen molar-refractivity contribution in [2.75, 3.05) is 17.7 Å². The third-order valence-electron chi connectivity index (χ3n) is 3.37. The second-order valence-corrected chi connectivity index (χ2v) is 4.82. The number of rotatable bonds is 3. The molecule has 0 aromatic heterocycles. The largest absolute Gasteiger partial charge is 0.399 e. The van der Waals surface area contributed by atoms with E-state index >= 15 is 0 Å². The van der Waals surface area contributed by atoms with Crippen molar-refractivity contribution in [2.24, 2.45) is 0 Å². The molecular weight excluding hydrogens is 220 g/mol. The van der Waals surface area contributed by atoms with Gasteiger partial charge in [-0.1, -0.05) is 29.8 Å². The lowest BCUT2D eigenvalue weighted by atomic mass is 10.1. The molecule has 0 bridgehead atoms. The molecule has 2 aromatic carbocycles. The van der Waals surface area contributed by atoms with Crippen molar-refractivity contribution in [3.05, 3.63) is 59.2 Å². The fourth-order valence-corrected chi connectivity index (χ4v) is 2.02.